The van der Waals surface area contributed by atoms with Crippen LogP contribution in [-0.4, -0.2) is 35.8 Å². The fraction of sp³-hybridized carbons (Fsp3) is 0.529. The van der Waals surface area contributed by atoms with E-state index in [2.05, 4.69) is 5.32 Å². The Morgan fingerprint density at radius 3 is 2.83 bits per heavy atom. The topological polar surface area (TPSA) is 75.4 Å². The summed E-state index contributed by atoms with van der Waals surface area (Å²) in [5.74, 6) is 0.318. The van der Waals surface area contributed by atoms with E-state index >= 15 is 0 Å². The summed E-state index contributed by atoms with van der Waals surface area (Å²) in [6.45, 7) is 5.28. The molecule has 2 amide bonds. The molecule has 1 aliphatic heterocycles. The number of amides is 2. The van der Waals surface area contributed by atoms with Crippen LogP contribution in [0.1, 0.15) is 43.5 Å². The van der Waals surface area contributed by atoms with E-state index in [4.69, 9.17) is 5.73 Å². The van der Waals surface area contributed by atoms with Crippen molar-refractivity contribution in [3.05, 3.63) is 29.8 Å². The van der Waals surface area contributed by atoms with E-state index in [1.165, 1.54) is 0 Å². The fourth-order valence-electron chi connectivity index (χ4n) is 2.79. The van der Waals surface area contributed by atoms with Gasteiger partial charge < -0.3 is 16.0 Å². The molecule has 1 fully saturated rings. The highest BCUT2D eigenvalue weighted by Gasteiger charge is 2.26. The molecular formula is C17H26ClN3O2. The van der Waals surface area contributed by atoms with Gasteiger partial charge in [-0.1, -0.05) is 13.0 Å². The lowest BCUT2D eigenvalue weighted by atomic mass is 9.92. The van der Waals surface area contributed by atoms with E-state index in [-0.39, 0.29) is 30.3 Å². The second kappa shape index (κ2) is 8.89. The summed E-state index contributed by atoms with van der Waals surface area (Å²) >= 11 is 0. The Morgan fingerprint density at radius 1 is 1.43 bits per heavy atom. The number of halogens is 1. The highest BCUT2D eigenvalue weighted by Crippen LogP contribution is 2.21. The van der Waals surface area contributed by atoms with Crippen LogP contribution in [0.4, 0.5) is 5.69 Å². The van der Waals surface area contributed by atoms with Crippen molar-refractivity contribution in [2.45, 2.75) is 39.2 Å². The average Bonchev–Trinajstić information content (AvgIpc) is 2.54. The minimum atomic E-state index is -0.0559. The van der Waals surface area contributed by atoms with Crippen molar-refractivity contribution in [1.82, 2.24) is 4.90 Å². The number of carbonyl (C=O) groups is 2. The molecule has 5 nitrogen and oxygen atoms in total. The summed E-state index contributed by atoms with van der Waals surface area (Å²) in [5, 5.41) is 2.79. The number of rotatable bonds is 4. The molecule has 1 aromatic rings. The molecule has 0 bridgehead atoms. The van der Waals surface area contributed by atoms with Gasteiger partial charge in [-0.3, -0.25) is 9.59 Å². The average molecular weight is 340 g/mol. The zero-order valence-electron chi connectivity index (χ0n) is 13.7. The number of anilines is 1. The quantitative estimate of drug-likeness (QED) is 0.885. The Morgan fingerprint density at radius 2 is 2.17 bits per heavy atom. The number of likely N-dealkylation sites (tertiary alicyclic amines) is 1. The molecule has 0 saturated carbocycles. The number of benzene rings is 1. The van der Waals surface area contributed by atoms with Gasteiger partial charge >= 0.3 is 0 Å². The zero-order valence-corrected chi connectivity index (χ0v) is 14.6. The van der Waals surface area contributed by atoms with Gasteiger partial charge in [0.2, 0.25) is 5.91 Å². The summed E-state index contributed by atoms with van der Waals surface area (Å²) < 4.78 is 0. The number of nitrogens with zero attached hydrogens (tertiary/aromatic N) is 1. The maximum absolute atomic E-state index is 12.6. The van der Waals surface area contributed by atoms with Gasteiger partial charge in [-0.15, -0.1) is 12.4 Å². The van der Waals surface area contributed by atoms with Crippen LogP contribution in [0.15, 0.2) is 24.3 Å². The van der Waals surface area contributed by atoms with Crippen molar-refractivity contribution < 1.29 is 9.59 Å². The molecule has 1 aliphatic rings. The van der Waals surface area contributed by atoms with Crippen LogP contribution in [-0.2, 0) is 4.79 Å². The predicted molar refractivity (Wildman–Crippen MR) is 94.9 cm³/mol. The molecule has 3 N–H and O–H groups in total. The minimum Gasteiger partial charge on any atom is -0.338 e. The van der Waals surface area contributed by atoms with Crippen LogP contribution in [0.5, 0.6) is 0 Å². The highest BCUT2D eigenvalue weighted by atomic mass is 35.5. The van der Waals surface area contributed by atoms with Gasteiger partial charge in [0.25, 0.3) is 5.91 Å². The van der Waals surface area contributed by atoms with Gasteiger partial charge in [0.05, 0.1) is 0 Å². The molecule has 6 heteroatoms. The third-order valence-electron chi connectivity index (χ3n) is 4.20. The molecular weight excluding hydrogens is 314 g/mol. The third-order valence-corrected chi connectivity index (χ3v) is 4.20. The van der Waals surface area contributed by atoms with E-state index in [1.807, 2.05) is 11.8 Å². The molecule has 128 valence electrons. The van der Waals surface area contributed by atoms with Crippen molar-refractivity contribution >= 4 is 29.9 Å². The van der Waals surface area contributed by atoms with E-state index in [1.54, 1.807) is 31.2 Å². The van der Waals surface area contributed by atoms with Crippen LogP contribution in [0.25, 0.3) is 0 Å². The smallest absolute Gasteiger partial charge is 0.253 e. The molecule has 2 atom stereocenters. The van der Waals surface area contributed by atoms with Gasteiger partial charge in [-0.2, -0.15) is 0 Å². The normalized spacial score (nSPS) is 18.7. The lowest BCUT2D eigenvalue weighted by Gasteiger charge is -2.34. The SMILES string of the molecule is CCC(=O)Nc1cccc(C(=O)N2CCCC(C(C)N)C2)c1.Cl. The second-order valence-electron chi connectivity index (χ2n) is 6.00. The molecule has 0 aromatic heterocycles. The van der Waals surface area contributed by atoms with Crippen molar-refractivity contribution in [2.75, 3.05) is 18.4 Å². The Balaban J connectivity index is 0.00000264. The highest BCUT2D eigenvalue weighted by molar-refractivity contribution is 5.97. The van der Waals surface area contributed by atoms with Crippen LogP contribution in [0.3, 0.4) is 0 Å². The number of hydrogen-bond donors (Lipinski definition) is 2. The second-order valence-corrected chi connectivity index (χ2v) is 6.00. The van der Waals surface area contributed by atoms with E-state index in [9.17, 15) is 9.59 Å². The van der Waals surface area contributed by atoms with E-state index < -0.39 is 0 Å². The Kier molecular flexibility index (Phi) is 7.52. The minimum absolute atomic E-state index is 0. The Bertz CT molecular complexity index is 548. The molecule has 2 unspecified atom stereocenters. The summed E-state index contributed by atoms with van der Waals surface area (Å²) in [6, 6.07) is 7.23. The first kappa shape index (κ1) is 19.5. The Hall–Kier alpha value is -1.59. The molecule has 2 rings (SSSR count). The van der Waals surface area contributed by atoms with Crippen LogP contribution < -0.4 is 11.1 Å². The van der Waals surface area contributed by atoms with Crippen molar-refractivity contribution in [2.24, 2.45) is 11.7 Å². The fourth-order valence-corrected chi connectivity index (χ4v) is 2.79. The molecule has 1 heterocycles. The van der Waals surface area contributed by atoms with Gasteiger partial charge in [0, 0.05) is 36.8 Å². The zero-order chi connectivity index (χ0) is 16.1. The van der Waals surface area contributed by atoms with Crippen molar-refractivity contribution in [3.63, 3.8) is 0 Å². The first-order valence-corrected chi connectivity index (χ1v) is 7.96. The summed E-state index contributed by atoms with van der Waals surface area (Å²) in [5.41, 5.74) is 7.25. The first-order valence-electron chi connectivity index (χ1n) is 7.96. The van der Waals surface area contributed by atoms with Gasteiger partial charge in [-0.25, -0.2) is 0 Å². The maximum atomic E-state index is 12.6. The summed E-state index contributed by atoms with van der Waals surface area (Å²) in [7, 11) is 0. The van der Waals surface area contributed by atoms with Crippen LogP contribution in [0, 0.1) is 5.92 Å². The van der Waals surface area contributed by atoms with Gasteiger partial charge in [0.15, 0.2) is 0 Å². The number of nitrogens with one attached hydrogen (secondary N) is 1. The van der Waals surface area contributed by atoms with Crippen LogP contribution >= 0.6 is 12.4 Å². The number of piperidine rings is 1. The molecule has 1 aromatic carbocycles. The molecule has 0 radical (unpaired) electrons. The number of nitrogens with two attached hydrogens (primary N) is 1. The van der Waals surface area contributed by atoms with E-state index in [0.29, 0.717) is 30.1 Å². The number of carbonyl (C=O) groups excluding carboxylic acids is 2. The monoisotopic (exact) mass is 339 g/mol. The summed E-state index contributed by atoms with van der Waals surface area (Å²) in [6.07, 6.45) is 2.48. The molecule has 0 spiro atoms. The molecule has 23 heavy (non-hydrogen) atoms. The standard InChI is InChI=1S/C17H25N3O2.ClH/c1-3-16(21)19-15-8-4-6-13(10-15)17(22)20-9-5-7-14(11-20)12(2)18;/h4,6,8,10,12,14H,3,5,7,9,11,18H2,1-2H3,(H,19,21);1H. The lowest BCUT2D eigenvalue weighted by molar-refractivity contribution is -0.115. The summed E-state index contributed by atoms with van der Waals surface area (Å²) in [4.78, 5) is 26.0. The number of hydrogen-bond acceptors (Lipinski definition) is 3. The molecule has 0 aliphatic carbocycles. The van der Waals surface area contributed by atoms with Gasteiger partial charge in [0.1, 0.15) is 0 Å². The largest absolute Gasteiger partial charge is 0.338 e. The Labute approximate surface area is 144 Å². The van der Waals surface area contributed by atoms with E-state index in [0.717, 1.165) is 19.4 Å². The predicted octanol–water partition coefficient (Wildman–Crippen LogP) is 2.66. The molecule has 1 saturated heterocycles. The third kappa shape index (κ3) is 5.22. The first-order chi connectivity index (χ1) is 10.5. The van der Waals surface area contributed by atoms with Crippen molar-refractivity contribution in [3.8, 4) is 0 Å². The maximum Gasteiger partial charge on any atom is 0.253 e. The lowest BCUT2D eigenvalue weighted by Crippen LogP contribution is -2.45. The van der Waals surface area contributed by atoms with Crippen LogP contribution in [0.2, 0.25) is 0 Å². The van der Waals surface area contributed by atoms with Gasteiger partial charge in [-0.05, 0) is 43.9 Å². The van der Waals surface area contributed by atoms with Crippen molar-refractivity contribution in [1.29, 1.82) is 0 Å².